The molecule has 0 spiro atoms. The Labute approximate surface area is 153 Å². The molecule has 6 nitrogen and oxygen atoms in total. The Morgan fingerprint density at radius 3 is 1.96 bits per heavy atom. The summed E-state index contributed by atoms with van der Waals surface area (Å²) in [5, 5.41) is 27.6. The van der Waals surface area contributed by atoms with Crippen molar-refractivity contribution < 1.29 is 0 Å². The molecule has 2 heterocycles. The maximum absolute atomic E-state index is 9.18. The van der Waals surface area contributed by atoms with Gasteiger partial charge >= 0.3 is 0 Å². The molecule has 0 aliphatic carbocycles. The van der Waals surface area contributed by atoms with Crippen LogP contribution in [0.4, 0.5) is 5.69 Å². The van der Waals surface area contributed by atoms with Crippen LogP contribution >= 0.6 is 0 Å². The van der Waals surface area contributed by atoms with Crippen molar-refractivity contribution >= 4 is 5.69 Å². The Bertz CT molecular complexity index is 826. The van der Waals surface area contributed by atoms with E-state index in [0.29, 0.717) is 5.56 Å². The number of benzene rings is 1. The number of aromatic nitrogens is 1. The molecule has 0 unspecified atom stereocenters. The van der Waals surface area contributed by atoms with Crippen molar-refractivity contribution in [2.75, 3.05) is 31.1 Å². The van der Waals surface area contributed by atoms with Crippen LogP contribution in [0, 0.1) is 34.0 Å². The normalized spacial score (nSPS) is 14.9. The minimum Gasteiger partial charge on any atom is -0.369 e. The fraction of sp³-hybridized carbons (Fsp3) is 0.300. The Balaban J connectivity index is 1.63. The van der Waals surface area contributed by atoms with E-state index in [1.165, 1.54) is 5.56 Å². The van der Waals surface area contributed by atoms with Gasteiger partial charge in [0, 0.05) is 56.4 Å². The Hall–Kier alpha value is -3.40. The van der Waals surface area contributed by atoms with Crippen molar-refractivity contribution in [3.63, 3.8) is 0 Å². The van der Waals surface area contributed by atoms with Gasteiger partial charge < -0.3 is 4.90 Å². The number of hydrogen-bond acceptors (Lipinski definition) is 6. The largest absolute Gasteiger partial charge is 0.369 e. The minimum absolute atomic E-state index is 0.421. The Morgan fingerprint density at radius 2 is 1.42 bits per heavy atom. The smallest absolute Gasteiger partial charge is 0.253 e. The van der Waals surface area contributed by atoms with Gasteiger partial charge in [0.25, 0.3) is 5.41 Å². The first-order valence-electron chi connectivity index (χ1n) is 8.41. The number of hydrogen-bond donors (Lipinski definition) is 0. The zero-order valence-electron chi connectivity index (χ0n) is 14.3. The minimum atomic E-state index is -1.73. The summed E-state index contributed by atoms with van der Waals surface area (Å²) in [7, 11) is 0. The molecule has 0 saturated carbocycles. The number of nitriles is 3. The van der Waals surface area contributed by atoms with E-state index in [-0.39, 0.29) is 0 Å². The lowest BCUT2D eigenvalue weighted by atomic mass is 9.85. The van der Waals surface area contributed by atoms with E-state index in [0.717, 1.165) is 38.4 Å². The molecule has 0 atom stereocenters. The average Bonchev–Trinajstić information content (AvgIpc) is 2.72. The SMILES string of the molecule is N#CC(C#N)(C#N)c1ccc(N2CCN(Cc3ccncc3)CC2)cc1. The van der Waals surface area contributed by atoms with E-state index >= 15 is 0 Å². The molecule has 0 amide bonds. The maximum atomic E-state index is 9.18. The molecule has 2 aromatic rings. The summed E-state index contributed by atoms with van der Waals surface area (Å²) in [5.74, 6) is 0. The number of anilines is 1. The first-order valence-corrected chi connectivity index (χ1v) is 8.41. The van der Waals surface area contributed by atoms with Gasteiger partial charge in [-0.05, 0) is 29.8 Å². The number of pyridine rings is 1. The summed E-state index contributed by atoms with van der Waals surface area (Å²) in [6.07, 6.45) is 3.63. The molecule has 0 bridgehead atoms. The van der Waals surface area contributed by atoms with Crippen LogP contribution in [0.5, 0.6) is 0 Å². The van der Waals surface area contributed by atoms with Gasteiger partial charge in [-0.3, -0.25) is 9.88 Å². The lowest BCUT2D eigenvalue weighted by molar-refractivity contribution is 0.250. The Morgan fingerprint density at radius 1 is 0.846 bits per heavy atom. The highest BCUT2D eigenvalue weighted by Crippen LogP contribution is 2.25. The van der Waals surface area contributed by atoms with E-state index < -0.39 is 5.41 Å². The quantitative estimate of drug-likeness (QED) is 0.846. The van der Waals surface area contributed by atoms with Crippen molar-refractivity contribution in [2.24, 2.45) is 0 Å². The van der Waals surface area contributed by atoms with Crippen LogP contribution in [0.25, 0.3) is 0 Å². The van der Waals surface area contributed by atoms with E-state index in [9.17, 15) is 15.8 Å². The second-order valence-corrected chi connectivity index (χ2v) is 6.25. The summed E-state index contributed by atoms with van der Waals surface area (Å²) in [6, 6.07) is 16.7. The second kappa shape index (κ2) is 7.66. The number of rotatable bonds is 4. The van der Waals surface area contributed by atoms with Crippen LogP contribution in [0.15, 0.2) is 48.8 Å². The predicted molar refractivity (Wildman–Crippen MR) is 96.7 cm³/mol. The van der Waals surface area contributed by atoms with E-state index in [1.807, 2.05) is 54.9 Å². The summed E-state index contributed by atoms with van der Waals surface area (Å²) >= 11 is 0. The first-order chi connectivity index (χ1) is 12.7. The molecule has 6 heteroatoms. The topological polar surface area (TPSA) is 90.7 Å². The molecule has 1 aliphatic rings. The van der Waals surface area contributed by atoms with Gasteiger partial charge in [-0.15, -0.1) is 0 Å². The summed E-state index contributed by atoms with van der Waals surface area (Å²) in [5.41, 5.74) is 0.991. The molecule has 1 fully saturated rings. The van der Waals surface area contributed by atoms with Crippen molar-refractivity contribution in [1.29, 1.82) is 15.8 Å². The third-order valence-electron chi connectivity index (χ3n) is 4.70. The molecule has 1 aromatic heterocycles. The van der Waals surface area contributed by atoms with E-state index in [1.54, 1.807) is 12.1 Å². The molecule has 3 rings (SSSR count). The van der Waals surface area contributed by atoms with Gasteiger partial charge in [0.2, 0.25) is 0 Å². The molecule has 1 aliphatic heterocycles. The fourth-order valence-electron chi connectivity index (χ4n) is 3.10. The van der Waals surface area contributed by atoms with Gasteiger partial charge in [0.1, 0.15) is 18.2 Å². The lowest BCUT2D eigenvalue weighted by Crippen LogP contribution is -2.46. The monoisotopic (exact) mass is 342 g/mol. The highest BCUT2D eigenvalue weighted by atomic mass is 15.3. The highest BCUT2D eigenvalue weighted by molar-refractivity contribution is 5.54. The predicted octanol–water partition coefficient (Wildman–Crippen LogP) is 2.21. The van der Waals surface area contributed by atoms with Crippen LogP contribution in [0.3, 0.4) is 0 Å². The standard InChI is InChI=1S/C20H18N6/c21-14-20(15-22,16-23)18-1-3-19(4-2-18)26-11-9-25(10-12-26)13-17-5-7-24-8-6-17/h1-8H,9-13H2. The zero-order valence-corrected chi connectivity index (χ0v) is 14.3. The maximum Gasteiger partial charge on any atom is 0.253 e. The van der Waals surface area contributed by atoms with Gasteiger partial charge in [-0.2, -0.15) is 15.8 Å². The third-order valence-corrected chi connectivity index (χ3v) is 4.70. The van der Waals surface area contributed by atoms with Crippen molar-refractivity contribution in [1.82, 2.24) is 9.88 Å². The molecule has 0 N–H and O–H groups in total. The molecule has 128 valence electrons. The molecule has 0 radical (unpaired) electrons. The number of nitrogens with zero attached hydrogens (tertiary/aromatic N) is 6. The van der Waals surface area contributed by atoms with Gasteiger partial charge in [0.15, 0.2) is 0 Å². The van der Waals surface area contributed by atoms with Gasteiger partial charge in [-0.25, -0.2) is 0 Å². The van der Waals surface area contributed by atoms with Crippen molar-refractivity contribution in [3.05, 3.63) is 59.9 Å². The van der Waals surface area contributed by atoms with Crippen LogP contribution in [0.2, 0.25) is 0 Å². The van der Waals surface area contributed by atoms with Crippen LogP contribution in [0.1, 0.15) is 11.1 Å². The summed E-state index contributed by atoms with van der Waals surface area (Å²) in [4.78, 5) is 8.73. The molecule has 1 saturated heterocycles. The summed E-state index contributed by atoms with van der Waals surface area (Å²) < 4.78 is 0. The lowest BCUT2D eigenvalue weighted by Gasteiger charge is -2.36. The van der Waals surface area contributed by atoms with Crippen molar-refractivity contribution in [3.8, 4) is 18.2 Å². The molecular weight excluding hydrogens is 324 g/mol. The average molecular weight is 342 g/mol. The summed E-state index contributed by atoms with van der Waals surface area (Å²) in [6.45, 7) is 4.66. The van der Waals surface area contributed by atoms with E-state index in [2.05, 4.69) is 14.8 Å². The Kier molecular flexibility index (Phi) is 5.13. The van der Waals surface area contributed by atoms with Crippen LogP contribution in [-0.2, 0) is 12.0 Å². The van der Waals surface area contributed by atoms with Crippen LogP contribution in [-0.4, -0.2) is 36.1 Å². The molecular formula is C20H18N6. The third kappa shape index (κ3) is 3.49. The highest BCUT2D eigenvalue weighted by Gasteiger charge is 2.32. The second-order valence-electron chi connectivity index (χ2n) is 6.25. The zero-order chi connectivity index (χ0) is 18.4. The molecule has 1 aromatic carbocycles. The molecule has 26 heavy (non-hydrogen) atoms. The van der Waals surface area contributed by atoms with Crippen LogP contribution < -0.4 is 4.90 Å². The fourth-order valence-corrected chi connectivity index (χ4v) is 3.10. The van der Waals surface area contributed by atoms with E-state index in [4.69, 9.17) is 0 Å². The number of piperazine rings is 1. The van der Waals surface area contributed by atoms with Gasteiger partial charge in [0.05, 0.1) is 0 Å². The van der Waals surface area contributed by atoms with Gasteiger partial charge in [-0.1, -0.05) is 12.1 Å². The van der Waals surface area contributed by atoms with Crippen molar-refractivity contribution in [2.45, 2.75) is 12.0 Å². The first kappa shape index (κ1) is 17.4.